The van der Waals surface area contributed by atoms with Gasteiger partial charge in [-0.3, -0.25) is 14.6 Å². The van der Waals surface area contributed by atoms with Crippen molar-refractivity contribution in [2.45, 2.75) is 38.0 Å². The highest BCUT2D eigenvalue weighted by atomic mass is 19.4. The summed E-state index contributed by atoms with van der Waals surface area (Å²) in [5.74, 6) is -0.585. The SMILES string of the molecule is CN(CC(=O)O)C1CCCN(Cc2ccccc2OCC(F)(F)F)CC1. The van der Waals surface area contributed by atoms with Gasteiger partial charge in [0.05, 0.1) is 6.54 Å². The first-order valence-electron chi connectivity index (χ1n) is 8.66. The van der Waals surface area contributed by atoms with Crippen LogP contribution in [-0.2, 0) is 11.3 Å². The summed E-state index contributed by atoms with van der Waals surface area (Å²) in [7, 11) is 1.81. The first-order valence-corrected chi connectivity index (χ1v) is 8.66. The lowest BCUT2D eigenvalue weighted by atomic mass is 10.1. The molecule has 1 aromatic rings. The first-order chi connectivity index (χ1) is 12.2. The number of carboxylic acids is 1. The van der Waals surface area contributed by atoms with Gasteiger partial charge in [0, 0.05) is 18.2 Å². The quantitative estimate of drug-likeness (QED) is 0.795. The molecule has 0 aliphatic carbocycles. The molecule has 1 fully saturated rings. The number of hydrogen-bond donors (Lipinski definition) is 1. The van der Waals surface area contributed by atoms with E-state index in [4.69, 9.17) is 9.84 Å². The fraction of sp³-hybridized carbons (Fsp3) is 0.611. The highest BCUT2D eigenvalue weighted by Crippen LogP contribution is 2.25. The molecule has 0 saturated carbocycles. The van der Waals surface area contributed by atoms with Crippen molar-refractivity contribution in [2.24, 2.45) is 0 Å². The van der Waals surface area contributed by atoms with Crippen molar-refractivity contribution in [3.8, 4) is 5.75 Å². The van der Waals surface area contributed by atoms with Crippen LogP contribution < -0.4 is 4.74 Å². The number of carbonyl (C=O) groups is 1. The number of ether oxygens (including phenoxy) is 1. The van der Waals surface area contributed by atoms with E-state index in [2.05, 4.69) is 4.90 Å². The average Bonchev–Trinajstić information content (AvgIpc) is 2.78. The summed E-state index contributed by atoms with van der Waals surface area (Å²) < 4.78 is 42.2. The molecule has 146 valence electrons. The van der Waals surface area contributed by atoms with Crippen LogP contribution in [0.3, 0.4) is 0 Å². The molecule has 0 spiro atoms. The van der Waals surface area contributed by atoms with Crippen LogP contribution >= 0.6 is 0 Å². The lowest BCUT2D eigenvalue weighted by molar-refractivity contribution is -0.153. The predicted molar refractivity (Wildman–Crippen MR) is 91.2 cm³/mol. The number of likely N-dealkylation sites (tertiary alicyclic amines) is 1. The summed E-state index contributed by atoms with van der Waals surface area (Å²) in [4.78, 5) is 14.9. The van der Waals surface area contributed by atoms with E-state index in [0.29, 0.717) is 6.54 Å². The largest absolute Gasteiger partial charge is 0.484 e. The Labute approximate surface area is 151 Å². The molecule has 1 unspecified atom stereocenters. The Kier molecular flexibility index (Phi) is 7.28. The smallest absolute Gasteiger partial charge is 0.422 e. The molecular formula is C18H25F3N2O3. The fourth-order valence-corrected chi connectivity index (χ4v) is 3.26. The summed E-state index contributed by atoms with van der Waals surface area (Å²) >= 11 is 0. The normalized spacial score (nSPS) is 19.3. The zero-order valence-electron chi connectivity index (χ0n) is 14.8. The monoisotopic (exact) mass is 374 g/mol. The van der Waals surface area contributed by atoms with Crippen LogP contribution in [0.15, 0.2) is 24.3 Å². The van der Waals surface area contributed by atoms with Crippen molar-refractivity contribution in [1.82, 2.24) is 9.80 Å². The number of benzene rings is 1. The van der Waals surface area contributed by atoms with Gasteiger partial charge < -0.3 is 9.84 Å². The minimum absolute atomic E-state index is 0.0127. The third kappa shape index (κ3) is 6.84. The highest BCUT2D eigenvalue weighted by Gasteiger charge is 2.29. The van der Waals surface area contributed by atoms with E-state index in [1.54, 1.807) is 24.3 Å². The van der Waals surface area contributed by atoms with E-state index in [0.717, 1.165) is 37.9 Å². The number of carboxylic acid groups (broad SMARTS) is 1. The van der Waals surface area contributed by atoms with Crippen LogP contribution in [0.2, 0.25) is 0 Å². The van der Waals surface area contributed by atoms with Crippen molar-refractivity contribution in [3.63, 3.8) is 0 Å². The molecule has 5 nitrogen and oxygen atoms in total. The van der Waals surface area contributed by atoms with E-state index >= 15 is 0 Å². The predicted octanol–water partition coefficient (Wildman–Crippen LogP) is 3.00. The topological polar surface area (TPSA) is 53.0 Å². The van der Waals surface area contributed by atoms with Crippen molar-refractivity contribution < 1.29 is 27.8 Å². The summed E-state index contributed by atoms with van der Waals surface area (Å²) in [6, 6.07) is 6.99. The van der Waals surface area contributed by atoms with E-state index in [1.165, 1.54) is 0 Å². The molecule has 1 N–H and O–H groups in total. The zero-order chi connectivity index (χ0) is 19.2. The maximum atomic E-state index is 12.4. The molecule has 0 amide bonds. The van der Waals surface area contributed by atoms with Gasteiger partial charge in [-0.05, 0) is 45.5 Å². The Morgan fingerprint density at radius 3 is 2.73 bits per heavy atom. The van der Waals surface area contributed by atoms with Gasteiger partial charge >= 0.3 is 12.1 Å². The third-order valence-corrected chi connectivity index (χ3v) is 4.56. The molecule has 1 atom stereocenters. The van der Waals surface area contributed by atoms with Gasteiger partial charge in [-0.25, -0.2) is 0 Å². The van der Waals surface area contributed by atoms with Gasteiger partial charge in [0.15, 0.2) is 6.61 Å². The molecule has 1 saturated heterocycles. The second-order valence-corrected chi connectivity index (χ2v) is 6.68. The van der Waals surface area contributed by atoms with Gasteiger partial charge in [0.1, 0.15) is 5.75 Å². The Bertz CT molecular complexity index is 595. The Morgan fingerprint density at radius 2 is 2.04 bits per heavy atom. The molecule has 2 rings (SSSR count). The maximum Gasteiger partial charge on any atom is 0.422 e. The molecule has 0 bridgehead atoms. The second kappa shape index (κ2) is 9.23. The number of halogens is 3. The van der Waals surface area contributed by atoms with Gasteiger partial charge in [0.2, 0.25) is 0 Å². The highest BCUT2D eigenvalue weighted by molar-refractivity contribution is 5.69. The number of alkyl halides is 3. The second-order valence-electron chi connectivity index (χ2n) is 6.68. The summed E-state index contributed by atoms with van der Waals surface area (Å²) in [6.45, 7) is 0.821. The van der Waals surface area contributed by atoms with Gasteiger partial charge in [-0.1, -0.05) is 18.2 Å². The Morgan fingerprint density at radius 1 is 1.31 bits per heavy atom. The van der Waals surface area contributed by atoms with Crippen molar-refractivity contribution in [2.75, 3.05) is 33.3 Å². The van der Waals surface area contributed by atoms with Gasteiger partial charge in [-0.2, -0.15) is 13.2 Å². The van der Waals surface area contributed by atoms with E-state index in [1.807, 2.05) is 11.9 Å². The third-order valence-electron chi connectivity index (χ3n) is 4.56. The molecule has 0 aromatic heterocycles. The minimum Gasteiger partial charge on any atom is -0.484 e. The summed E-state index contributed by atoms with van der Waals surface area (Å²) in [5.41, 5.74) is 0.731. The number of aliphatic carboxylic acids is 1. The van der Waals surface area contributed by atoms with Crippen LogP contribution in [0, 0.1) is 0 Å². The maximum absolute atomic E-state index is 12.4. The zero-order valence-corrected chi connectivity index (χ0v) is 14.8. The van der Waals surface area contributed by atoms with Crippen LogP contribution in [0.25, 0.3) is 0 Å². The summed E-state index contributed by atoms with van der Waals surface area (Å²) in [6.07, 6.45) is -1.71. The van der Waals surface area contributed by atoms with E-state index in [-0.39, 0.29) is 18.3 Å². The number of para-hydroxylation sites is 1. The van der Waals surface area contributed by atoms with Crippen molar-refractivity contribution in [3.05, 3.63) is 29.8 Å². The van der Waals surface area contributed by atoms with Gasteiger partial charge in [0.25, 0.3) is 0 Å². The van der Waals surface area contributed by atoms with E-state index < -0.39 is 18.8 Å². The number of nitrogens with zero attached hydrogens (tertiary/aromatic N) is 2. The van der Waals surface area contributed by atoms with Crippen molar-refractivity contribution >= 4 is 5.97 Å². The van der Waals surface area contributed by atoms with Crippen LogP contribution in [0.5, 0.6) is 5.75 Å². The Balaban J connectivity index is 1.94. The van der Waals surface area contributed by atoms with Crippen LogP contribution in [0.1, 0.15) is 24.8 Å². The molecule has 1 heterocycles. The first kappa shape index (κ1) is 20.5. The lowest BCUT2D eigenvalue weighted by Crippen LogP contribution is -2.36. The molecule has 1 aromatic carbocycles. The summed E-state index contributed by atoms with van der Waals surface area (Å²) in [5, 5.41) is 8.92. The Hall–Kier alpha value is -1.80. The minimum atomic E-state index is -4.36. The molecule has 1 aliphatic heterocycles. The van der Waals surface area contributed by atoms with Crippen LogP contribution in [0.4, 0.5) is 13.2 Å². The number of hydrogen-bond acceptors (Lipinski definition) is 4. The van der Waals surface area contributed by atoms with Gasteiger partial charge in [-0.15, -0.1) is 0 Å². The number of likely N-dealkylation sites (N-methyl/N-ethyl adjacent to an activating group) is 1. The van der Waals surface area contributed by atoms with Crippen LogP contribution in [-0.4, -0.2) is 66.4 Å². The lowest BCUT2D eigenvalue weighted by Gasteiger charge is -2.26. The molecule has 1 aliphatic rings. The fourth-order valence-electron chi connectivity index (χ4n) is 3.26. The number of rotatable bonds is 7. The molecule has 26 heavy (non-hydrogen) atoms. The molecule has 8 heteroatoms. The standard InChI is InChI=1S/C18H25F3N2O3/c1-22(12-17(24)25)15-6-4-9-23(10-8-15)11-14-5-2-3-7-16(14)26-13-18(19,20)21/h2-3,5,7,15H,4,6,8-13H2,1H3,(H,24,25). The van der Waals surface area contributed by atoms with E-state index in [9.17, 15) is 18.0 Å². The van der Waals surface area contributed by atoms with Crippen molar-refractivity contribution in [1.29, 1.82) is 0 Å². The average molecular weight is 374 g/mol. The molecule has 0 radical (unpaired) electrons. The molecular weight excluding hydrogens is 349 g/mol.